The summed E-state index contributed by atoms with van der Waals surface area (Å²) in [5.74, 6) is 1.22. The second-order valence-corrected chi connectivity index (χ2v) is 6.58. The highest BCUT2D eigenvalue weighted by atomic mass is 15.4. The maximum Gasteiger partial charge on any atom is 0.247 e. The first kappa shape index (κ1) is 15.1. The third kappa shape index (κ3) is 2.53. The van der Waals surface area contributed by atoms with Crippen molar-refractivity contribution in [2.24, 2.45) is 12.8 Å². The molecule has 0 unspecified atom stereocenters. The Kier molecular flexibility index (Phi) is 3.29. The average molecular weight is 349 g/mol. The van der Waals surface area contributed by atoms with Gasteiger partial charge in [0.25, 0.3) is 0 Å². The van der Waals surface area contributed by atoms with E-state index in [9.17, 15) is 0 Å². The number of hydrogen-bond donors (Lipinski definition) is 3. The van der Waals surface area contributed by atoms with E-state index < -0.39 is 0 Å². The zero-order chi connectivity index (χ0) is 17.7. The minimum Gasteiger partial charge on any atom is -0.364 e. The minimum absolute atomic E-state index is 0.361. The molecule has 1 fully saturated rings. The number of imidazole rings is 2. The van der Waals surface area contributed by atoms with Gasteiger partial charge in [0.15, 0.2) is 11.5 Å². The highest BCUT2D eigenvalue weighted by Crippen LogP contribution is 2.27. The summed E-state index contributed by atoms with van der Waals surface area (Å²) in [6.45, 7) is 0.361. The number of aromatic nitrogens is 6. The van der Waals surface area contributed by atoms with E-state index in [1.807, 2.05) is 29.8 Å². The monoisotopic (exact) mass is 349 g/mol. The van der Waals surface area contributed by atoms with Gasteiger partial charge in [-0.05, 0) is 31.0 Å². The first-order valence-corrected chi connectivity index (χ1v) is 8.60. The van der Waals surface area contributed by atoms with E-state index in [1.54, 1.807) is 17.0 Å². The molecule has 9 nitrogen and oxygen atoms in total. The van der Waals surface area contributed by atoms with Crippen LogP contribution in [0.5, 0.6) is 0 Å². The van der Waals surface area contributed by atoms with E-state index in [4.69, 9.17) is 5.73 Å². The Balaban J connectivity index is 1.55. The molecule has 0 aliphatic heterocycles. The highest BCUT2D eigenvalue weighted by molar-refractivity contribution is 5.80. The van der Waals surface area contributed by atoms with Gasteiger partial charge in [0.05, 0.1) is 29.3 Å². The Morgan fingerprint density at radius 3 is 2.96 bits per heavy atom. The quantitative estimate of drug-likeness (QED) is 0.504. The van der Waals surface area contributed by atoms with Crippen LogP contribution in [0.15, 0.2) is 30.7 Å². The molecule has 0 saturated heterocycles. The maximum absolute atomic E-state index is 5.82. The predicted octanol–water partition coefficient (Wildman–Crippen LogP) is 1.79. The van der Waals surface area contributed by atoms with Gasteiger partial charge in [-0.1, -0.05) is 0 Å². The lowest BCUT2D eigenvalue weighted by atomic mass is 10.3. The molecule has 5 rings (SSSR count). The van der Waals surface area contributed by atoms with Crippen molar-refractivity contribution in [2.75, 3.05) is 10.6 Å². The van der Waals surface area contributed by atoms with Crippen molar-refractivity contribution in [3.63, 3.8) is 0 Å². The lowest BCUT2D eigenvalue weighted by Gasteiger charge is -2.10. The Morgan fingerprint density at radius 1 is 1.27 bits per heavy atom. The summed E-state index contributed by atoms with van der Waals surface area (Å²) < 4.78 is 3.73. The summed E-state index contributed by atoms with van der Waals surface area (Å²) >= 11 is 0. The van der Waals surface area contributed by atoms with E-state index in [1.165, 1.54) is 0 Å². The van der Waals surface area contributed by atoms with Crippen LogP contribution < -0.4 is 16.4 Å². The van der Waals surface area contributed by atoms with Gasteiger partial charge in [0.1, 0.15) is 0 Å². The predicted molar refractivity (Wildman–Crippen MR) is 99.3 cm³/mol. The van der Waals surface area contributed by atoms with E-state index >= 15 is 0 Å². The van der Waals surface area contributed by atoms with Gasteiger partial charge in [-0.3, -0.25) is 0 Å². The van der Waals surface area contributed by atoms with Crippen LogP contribution in [0.25, 0.3) is 16.7 Å². The average Bonchev–Trinajstić information content (AvgIpc) is 3.24. The second kappa shape index (κ2) is 5.67. The minimum atomic E-state index is 0.361. The molecule has 1 saturated carbocycles. The lowest BCUT2D eigenvalue weighted by Crippen LogP contribution is -2.12. The van der Waals surface area contributed by atoms with Crippen molar-refractivity contribution in [2.45, 2.75) is 25.4 Å². The third-order valence-corrected chi connectivity index (χ3v) is 4.54. The molecule has 4 aromatic rings. The van der Waals surface area contributed by atoms with Crippen LogP contribution in [-0.2, 0) is 13.6 Å². The van der Waals surface area contributed by atoms with Crippen LogP contribution in [0.1, 0.15) is 18.5 Å². The van der Waals surface area contributed by atoms with Crippen LogP contribution in [0.3, 0.4) is 0 Å². The highest BCUT2D eigenvalue weighted by Gasteiger charge is 2.24. The van der Waals surface area contributed by atoms with Crippen LogP contribution in [-0.4, -0.2) is 35.2 Å². The molecule has 1 aromatic carbocycles. The molecule has 26 heavy (non-hydrogen) atoms. The Hall–Kier alpha value is -3.20. The number of fused-ring (bicyclic) bond motifs is 2. The molecule has 0 amide bonds. The zero-order valence-corrected chi connectivity index (χ0v) is 14.3. The number of benzene rings is 1. The molecule has 0 radical (unpaired) electrons. The topological polar surface area (TPSA) is 111 Å². The van der Waals surface area contributed by atoms with Crippen molar-refractivity contribution in [3.05, 3.63) is 36.4 Å². The fraction of sp³-hybridized carbons (Fsp3) is 0.294. The second-order valence-electron chi connectivity index (χ2n) is 6.58. The van der Waals surface area contributed by atoms with Crippen molar-refractivity contribution in [3.8, 4) is 0 Å². The molecular weight excluding hydrogens is 330 g/mol. The summed E-state index contributed by atoms with van der Waals surface area (Å²) in [6.07, 6.45) is 5.85. The molecule has 3 heterocycles. The Bertz CT molecular complexity index is 1110. The van der Waals surface area contributed by atoms with Gasteiger partial charge in [0, 0.05) is 25.3 Å². The van der Waals surface area contributed by atoms with E-state index in [-0.39, 0.29) is 0 Å². The fourth-order valence-electron chi connectivity index (χ4n) is 2.98. The van der Waals surface area contributed by atoms with Gasteiger partial charge < -0.3 is 20.9 Å². The number of anilines is 3. The van der Waals surface area contributed by atoms with Crippen LogP contribution in [0.2, 0.25) is 0 Å². The number of hydrogen-bond acceptors (Lipinski definition) is 7. The number of aryl methyl sites for hydroxylation is 1. The summed E-state index contributed by atoms with van der Waals surface area (Å²) in [6, 6.07) is 6.46. The van der Waals surface area contributed by atoms with Gasteiger partial charge in [-0.2, -0.15) is 4.98 Å². The van der Waals surface area contributed by atoms with Crippen molar-refractivity contribution in [1.82, 2.24) is 29.1 Å². The Morgan fingerprint density at radius 2 is 2.15 bits per heavy atom. The smallest absolute Gasteiger partial charge is 0.247 e. The maximum atomic E-state index is 5.82. The molecular formula is C17H19N9. The standard InChI is InChI=1S/C17H19N9/c1-25-9-20-13-6-11(4-5-14(13)25)22-17-23-15(21-10-2-3-10)16-19-8-12(7-18)26(16)24-17/h4-6,8-10H,2-3,7,18H2,1H3,(H2,21,22,23,24). The van der Waals surface area contributed by atoms with Crippen LogP contribution in [0, 0.1) is 0 Å². The van der Waals surface area contributed by atoms with Crippen LogP contribution in [0.4, 0.5) is 17.5 Å². The number of rotatable bonds is 5. The normalized spacial score (nSPS) is 14.2. The van der Waals surface area contributed by atoms with E-state index in [0.29, 0.717) is 24.2 Å². The van der Waals surface area contributed by atoms with Gasteiger partial charge in [-0.25, -0.2) is 14.5 Å². The number of nitrogens with two attached hydrogens (primary N) is 1. The summed E-state index contributed by atoms with van der Waals surface area (Å²) in [5, 5.41) is 11.3. The fourth-order valence-corrected chi connectivity index (χ4v) is 2.98. The van der Waals surface area contributed by atoms with Crippen molar-refractivity contribution >= 4 is 34.1 Å². The van der Waals surface area contributed by atoms with Gasteiger partial charge >= 0.3 is 0 Å². The van der Waals surface area contributed by atoms with E-state index in [2.05, 4.69) is 30.7 Å². The zero-order valence-electron chi connectivity index (χ0n) is 14.3. The molecule has 1 aliphatic rings. The molecule has 9 heteroatoms. The molecule has 132 valence electrons. The summed E-state index contributed by atoms with van der Waals surface area (Å²) in [4.78, 5) is 13.4. The molecule has 0 spiro atoms. The van der Waals surface area contributed by atoms with Crippen LogP contribution >= 0.6 is 0 Å². The van der Waals surface area contributed by atoms with Crippen molar-refractivity contribution in [1.29, 1.82) is 0 Å². The number of nitrogens with one attached hydrogen (secondary N) is 2. The SMILES string of the molecule is Cn1cnc2cc(Nc3nc(NC4CC4)c4ncc(CN)n4n3)ccc21. The molecule has 0 bridgehead atoms. The first-order valence-electron chi connectivity index (χ1n) is 8.60. The van der Waals surface area contributed by atoms with Gasteiger partial charge in [0.2, 0.25) is 5.95 Å². The summed E-state index contributed by atoms with van der Waals surface area (Å²) in [7, 11) is 1.97. The Labute approximate surface area is 149 Å². The molecule has 4 N–H and O–H groups in total. The number of nitrogens with zero attached hydrogens (tertiary/aromatic N) is 6. The third-order valence-electron chi connectivity index (χ3n) is 4.54. The first-order chi connectivity index (χ1) is 12.7. The lowest BCUT2D eigenvalue weighted by molar-refractivity contribution is 0.832. The van der Waals surface area contributed by atoms with Crippen molar-refractivity contribution < 1.29 is 0 Å². The largest absolute Gasteiger partial charge is 0.364 e. The molecule has 0 atom stereocenters. The summed E-state index contributed by atoms with van der Waals surface area (Å²) in [5.41, 5.74) is 10.2. The van der Waals surface area contributed by atoms with Gasteiger partial charge in [-0.15, -0.1) is 5.10 Å². The molecule has 3 aromatic heterocycles. The molecule has 1 aliphatic carbocycles. The van der Waals surface area contributed by atoms with E-state index in [0.717, 1.165) is 41.1 Å².